The summed E-state index contributed by atoms with van der Waals surface area (Å²) in [5.41, 5.74) is 3.31. The van der Waals surface area contributed by atoms with E-state index in [0.717, 1.165) is 6.54 Å². The monoisotopic (exact) mass is 203 g/mol. The van der Waals surface area contributed by atoms with Gasteiger partial charge < -0.3 is 0 Å². The summed E-state index contributed by atoms with van der Waals surface area (Å²) in [6, 6.07) is 9.49. The maximum Gasteiger partial charge on any atom is 0.0244 e. The smallest absolute Gasteiger partial charge is 0.0244 e. The van der Waals surface area contributed by atoms with Crippen molar-refractivity contribution in [1.82, 2.24) is 4.90 Å². The minimum Gasteiger partial charge on any atom is -0.291 e. The third-order valence-corrected chi connectivity index (χ3v) is 3.37. The normalized spacial score (nSPS) is 22.5. The Hall–Kier alpha value is -0.820. The van der Waals surface area contributed by atoms with Crippen LogP contribution in [0, 0.1) is 0 Å². The molecule has 2 rings (SSSR count). The molecule has 1 nitrogen and oxygen atoms in total. The molecule has 0 radical (unpaired) electrons. The van der Waals surface area contributed by atoms with E-state index in [1.54, 1.807) is 0 Å². The lowest BCUT2D eigenvalue weighted by Crippen LogP contribution is -2.49. The molecule has 82 valence electrons. The summed E-state index contributed by atoms with van der Waals surface area (Å²) in [5.74, 6) is 0. The van der Waals surface area contributed by atoms with Crippen molar-refractivity contribution in [3.8, 4) is 0 Å². The molecule has 0 bridgehead atoms. The zero-order valence-electron chi connectivity index (χ0n) is 10.2. The van der Waals surface area contributed by atoms with Gasteiger partial charge in [0.05, 0.1) is 0 Å². The maximum absolute atomic E-state index is 2.59. The minimum atomic E-state index is 0.271. The van der Waals surface area contributed by atoms with Gasteiger partial charge in [0.25, 0.3) is 0 Å². The molecule has 1 aliphatic heterocycles. The van der Waals surface area contributed by atoms with Crippen LogP contribution in [0.5, 0.6) is 0 Å². The Kier molecular flexibility index (Phi) is 2.59. The summed E-state index contributed by atoms with van der Waals surface area (Å²) in [5, 5.41) is 0. The van der Waals surface area contributed by atoms with E-state index in [4.69, 9.17) is 0 Å². The fourth-order valence-electron chi connectivity index (χ4n) is 2.58. The van der Waals surface area contributed by atoms with Gasteiger partial charge in [-0.15, -0.1) is 0 Å². The number of rotatable bonds is 0. The highest BCUT2D eigenvalue weighted by Gasteiger charge is 2.30. The number of hydrogen-bond acceptors (Lipinski definition) is 1. The van der Waals surface area contributed by atoms with Crippen LogP contribution in [0.2, 0.25) is 0 Å². The fourth-order valence-corrected chi connectivity index (χ4v) is 2.58. The molecule has 0 unspecified atom stereocenters. The highest BCUT2D eigenvalue weighted by Crippen LogP contribution is 2.28. The first-order valence-corrected chi connectivity index (χ1v) is 5.82. The molecule has 1 aliphatic rings. The summed E-state index contributed by atoms with van der Waals surface area (Å²) >= 11 is 0. The van der Waals surface area contributed by atoms with E-state index < -0.39 is 0 Å². The van der Waals surface area contributed by atoms with Crippen molar-refractivity contribution in [2.75, 3.05) is 0 Å². The molecule has 0 aliphatic carbocycles. The number of hydrogen-bond donors (Lipinski definition) is 0. The fraction of sp³-hybridized carbons (Fsp3) is 0.571. The summed E-state index contributed by atoms with van der Waals surface area (Å²) in [6.07, 6.45) is 1.19. The van der Waals surface area contributed by atoms with E-state index in [-0.39, 0.29) is 5.54 Å². The molecule has 0 aromatic heterocycles. The van der Waals surface area contributed by atoms with Crippen molar-refractivity contribution in [2.24, 2.45) is 0 Å². The molecule has 1 heterocycles. The molecule has 0 fully saturated rings. The SMILES string of the molecule is C[C@@H]1Cc2ccccc2CN1C(C)(C)C. The molecule has 0 N–H and O–H groups in total. The van der Waals surface area contributed by atoms with Crippen LogP contribution in [0.4, 0.5) is 0 Å². The first-order chi connectivity index (χ1) is 6.98. The van der Waals surface area contributed by atoms with Crippen molar-refractivity contribution >= 4 is 0 Å². The van der Waals surface area contributed by atoms with E-state index >= 15 is 0 Å². The van der Waals surface area contributed by atoms with Gasteiger partial charge in [0.1, 0.15) is 0 Å². The second-order valence-corrected chi connectivity index (χ2v) is 5.62. The van der Waals surface area contributed by atoms with E-state index in [1.165, 1.54) is 17.5 Å². The lowest BCUT2D eigenvalue weighted by atomic mass is 9.90. The van der Waals surface area contributed by atoms with Crippen LogP contribution in [-0.2, 0) is 13.0 Å². The molecular weight excluding hydrogens is 182 g/mol. The zero-order chi connectivity index (χ0) is 11.1. The maximum atomic E-state index is 2.59. The summed E-state index contributed by atoms with van der Waals surface area (Å²) in [6.45, 7) is 10.3. The van der Waals surface area contributed by atoms with Crippen LogP contribution in [0.15, 0.2) is 24.3 Å². The second kappa shape index (κ2) is 3.64. The second-order valence-electron chi connectivity index (χ2n) is 5.62. The molecule has 0 saturated heterocycles. The van der Waals surface area contributed by atoms with Gasteiger partial charge in [-0.3, -0.25) is 4.90 Å². The van der Waals surface area contributed by atoms with E-state index in [1.807, 2.05) is 0 Å². The molecule has 1 heteroatoms. The van der Waals surface area contributed by atoms with E-state index in [9.17, 15) is 0 Å². The number of nitrogens with zero attached hydrogens (tertiary/aromatic N) is 1. The van der Waals surface area contributed by atoms with Gasteiger partial charge in [0.2, 0.25) is 0 Å². The standard InChI is InChI=1S/C14H21N/c1-11-9-12-7-5-6-8-13(12)10-15(11)14(2,3)4/h5-8,11H,9-10H2,1-4H3/t11-/m1/s1. The van der Waals surface area contributed by atoms with E-state index in [2.05, 4.69) is 56.9 Å². The molecule has 0 saturated carbocycles. The molecule has 1 aromatic carbocycles. The summed E-state index contributed by atoms with van der Waals surface area (Å²) in [4.78, 5) is 2.59. The van der Waals surface area contributed by atoms with Gasteiger partial charge in [-0.05, 0) is 45.2 Å². The Morgan fingerprint density at radius 2 is 1.73 bits per heavy atom. The number of benzene rings is 1. The zero-order valence-corrected chi connectivity index (χ0v) is 10.2. The lowest BCUT2D eigenvalue weighted by molar-refractivity contribution is 0.0720. The molecule has 1 atom stereocenters. The van der Waals surface area contributed by atoms with Crippen molar-refractivity contribution in [3.63, 3.8) is 0 Å². The minimum absolute atomic E-state index is 0.271. The Bertz CT molecular complexity index is 349. The van der Waals surface area contributed by atoms with Crippen LogP contribution in [0.3, 0.4) is 0 Å². The molecule has 15 heavy (non-hydrogen) atoms. The largest absolute Gasteiger partial charge is 0.291 e. The van der Waals surface area contributed by atoms with Gasteiger partial charge >= 0.3 is 0 Å². The van der Waals surface area contributed by atoms with Gasteiger partial charge in [-0.2, -0.15) is 0 Å². The average molecular weight is 203 g/mol. The summed E-state index contributed by atoms with van der Waals surface area (Å²) < 4.78 is 0. The molecule has 1 aromatic rings. The third kappa shape index (κ3) is 2.07. The van der Waals surface area contributed by atoms with E-state index in [0.29, 0.717) is 6.04 Å². The van der Waals surface area contributed by atoms with Crippen LogP contribution >= 0.6 is 0 Å². The number of fused-ring (bicyclic) bond motifs is 1. The Morgan fingerprint density at radius 1 is 1.13 bits per heavy atom. The van der Waals surface area contributed by atoms with Crippen molar-refractivity contribution in [3.05, 3.63) is 35.4 Å². The Morgan fingerprint density at radius 3 is 2.33 bits per heavy atom. The predicted octanol–water partition coefficient (Wildman–Crippen LogP) is 3.23. The first-order valence-electron chi connectivity index (χ1n) is 5.82. The Labute approximate surface area is 93.1 Å². The van der Waals surface area contributed by atoms with Crippen LogP contribution < -0.4 is 0 Å². The van der Waals surface area contributed by atoms with Crippen molar-refractivity contribution in [1.29, 1.82) is 0 Å². The quantitative estimate of drug-likeness (QED) is 0.625. The van der Waals surface area contributed by atoms with Gasteiger partial charge in [0.15, 0.2) is 0 Å². The van der Waals surface area contributed by atoms with Crippen molar-refractivity contribution in [2.45, 2.75) is 52.2 Å². The van der Waals surface area contributed by atoms with Crippen LogP contribution in [0.25, 0.3) is 0 Å². The highest BCUT2D eigenvalue weighted by atomic mass is 15.2. The molecule has 0 amide bonds. The first kappa shape index (κ1) is 10.7. The predicted molar refractivity (Wildman–Crippen MR) is 64.9 cm³/mol. The van der Waals surface area contributed by atoms with Gasteiger partial charge in [0, 0.05) is 18.1 Å². The van der Waals surface area contributed by atoms with Gasteiger partial charge in [-0.1, -0.05) is 24.3 Å². The van der Waals surface area contributed by atoms with Gasteiger partial charge in [-0.25, -0.2) is 0 Å². The molecule has 0 spiro atoms. The third-order valence-electron chi connectivity index (χ3n) is 3.37. The van der Waals surface area contributed by atoms with Crippen LogP contribution in [-0.4, -0.2) is 16.5 Å². The molecular formula is C14H21N. The highest BCUT2D eigenvalue weighted by molar-refractivity contribution is 5.30. The Balaban J connectivity index is 2.30. The van der Waals surface area contributed by atoms with Crippen LogP contribution in [0.1, 0.15) is 38.8 Å². The lowest BCUT2D eigenvalue weighted by Gasteiger charge is -2.43. The van der Waals surface area contributed by atoms with Crippen molar-refractivity contribution < 1.29 is 0 Å². The topological polar surface area (TPSA) is 3.24 Å². The average Bonchev–Trinajstić information content (AvgIpc) is 2.15. The summed E-state index contributed by atoms with van der Waals surface area (Å²) in [7, 11) is 0.